The molecule has 0 unspecified atom stereocenters. The molecular weight excluding hydrogens is 328 g/mol. The molecule has 0 bridgehead atoms. The van der Waals surface area contributed by atoms with Gasteiger partial charge in [-0.3, -0.25) is 9.98 Å². The lowest BCUT2D eigenvalue weighted by molar-refractivity contribution is 0.390. The number of benzene rings is 2. The van der Waals surface area contributed by atoms with E-state index in [1.54, 1.807) is 49.9 Å². The summed E-state index contributed by atoms with van der Waals surface area (Å²) in [7, 11) is 1.60. The van der Waals surface area contributed by atoms with Crippen LogP contribution in [-0.4, -0.2) is 41.8 Å². The average Bonchev–Trinajstić information content (AvgIpc) is 2.67. The van der Waals surface area contributed by atoms with E-state index in [-0.39, 0.29) is 23.6 Å². The number of hydrogen-bond acceptors (Lipinski definition) is 5. The van der Waals surface area contributed by atoms with E-state index in [1.165, 1.54) is 0 Å². The number of rotatable bonds is 5. The minimum Gasteiger partial charge on any atom is -0.507 e. The van der Waals surface area contributed by atoms with Crippen LogP contribution in [0.15, 0.2) is 52.4 Å². The predicted octanol–water partition coefficient (Wildman–Crippen LogP) is 3.96. The molecule has 136 valence electrons. The maximum absolute atomic E-state index is 10.0. The van der Waals surface area contributed by atoms with Gasteiger partial charge in [-0.1, -0.05) is 25.0 Å². The molecule has 5 nitrogen and oxygen atoms in total. The number of aliphatic imine (C=N–C) groups is 2. The molecule has 2 aromatic rings. The third kappa shape index (κ3) is 4.42. The van der Waals surface area contributed by atoms with Crippen LogP contribution in [0, 0.1) is 0 Å². The fraction of sp³-hybridized carbons (Fsp3) is 0.333. The van der Waals surface area contributed by atoms with Crippen LogP contribution < -0.4 is 4.74 Å². The number of phenols is 2. The molecule has 2 atom stereocenters. The van der Waals surface area contributed by atoms with Crippen LogP contribution in [0.25, 0.3) is 0 Å². The molecule has 3 rings (SSSR count). The minimum absolute atomic E-state index is 0.0662. The lowest BCUT2D eigenvalue weighted by Crippen LogP contribution is -2.27. The second kappa shape index (κ2) is 8.52. The first-order valence-electron chi connectivity index (χ1n) is 8.88. The molecule has 0 saturated heterocycles. The van der Waals surface area contributed by atoms with Gasteiger partial charge in [-0.15, -0.1) is 0 Å². The molecule has 26 heavy (non-hydrogen) atoms. The molecule has 1 aliphatic rings. The number of phenolic OH excluding ortho intramolecular Hbond substituents is 2. The first kappa shape index (κ1) is 18.0. The van der Waals surface area contributed by atoms with Gasteiger partial charge < -0.3 is 14.9 Å². The molecular formula is C21H24N2O3. The highest BCUT2D eigenvalue weighted by molar-refractivity contribution is 5.84. The second-order valence-electron chi connectivity index (χ2n) is 6.46. The van der Waals surface area contributed by atoms with E-state index in [1.807, 2.05) is 12.1 Å². The molecule has 0 amide bonds. The van der Waals surface area contributed by atoms with Gasteiger partial charge in [0.15, 0.2) is 0 Å². The minimum atomic E-state index is 0.0662. The highest BCUT2D eigenvalue weighted by atomic mass is 16.5. The number of hydrogen-bond donors (Lipinski definition) is 2. The summed E-state index contributed by atoms with van der Waals surface area (Å²) >= 11 is 0. The number of nitrogens with zero attached hydrogens (tertiary/aromatic N) is 2. The quantitative estimate of drug-likeness (QED) is 0.800. The van der Waals surface area contributed by atoms with Crippen molar-refractivity contribution in [3.63, 3.8) is 0 Å². The number of aromatic hydroxyl groups is 2. The molecule has 1 aliphatic carbocycles. The Morgan fingerprint density at radius 2 is 1.50 bits per heavy atom. The Kier molecular flexibility index (Phi) is 5.89. The summed E-state index contributed by atoms with van der Waals surface area (Å²) in [6.45, 7) is 0. The molecule has 0 spiro atoms. The molecule has 2 aromatic carbocycles. The van der Waals surface area contributed by atoms with Crippen LogP contribution in [0.5, 0.6) is 17.2 Å². The zero-order chi connectivity index (χ0) is 18.4. The van der Waals surface area contributed by atoms with E-state index in [0.29, 0.717) is 16.9 Å². The van der Waals surface area contributed by atoms with E-state index in [4.69, 9.17) is 4.74 Å². The third-order valence-corrected chi connectivity index (χ3v) is 4.68. The van der Waals surface area contributed by atoms with Crippen molar-refractivity contribution in [2.24, 2.45) is 9.98 Å². The fourth-order valence-electron chi connectivity index (χ4n) is 3.15. The van der Waals surface area contributed by atoms with Gasteiger partial charge in [-0.2, -0.15) is 0 Å². The fourth-order valence-corrected chi connectivity index (χ4v) is 3.15. The van der Waals surface area contributed by atoms with Gasteiger partial charge in [0.2, 0.25) is 0 Å². The van der Waals surface area contributed by atoms with Crippen molar-refractivity contribution in [1.82, 2.24) is 0 Å². The predicted molar refractivity (Wildman–Crippen MR) is 104 cm³/mol. The van der Waals surface area contributed by atoms with E-state index in [9.17, 15) is 10.2 Å². The van der Waals surface area contributed by atoms with Crippen molar-refractivity contribution in [1.29, 1.82) is 0 Å². The lowest BCUT2D eigenvalue weighted by Gasteiger charge is -2.25. The number of para-hydroxylation sites is 1. The molecule has 1 saturated carbocycles. The van der Waals surface area contributed by atoms with Crippen molar-refractivity contribution in [3.05, 3.63) is 53.6 Å². The topological polar surface area (TPSA) is 74.4 Å². The maximum Gasteiger partial charge on any atom is 0.124 e. The zero-order valence-electron chi connectivity index (χ0n) is 14.9. The summed E-state index contributed by atoms with van der Waals surface area (Å²) in [4.78, 5) is 9.37. The summed E-state index contributed by atoms with van der Waals surface area (Å²) in [5.74, 6) is 1.09. The molecule has 2 N–H and O–H groups in total. The van der Waals surface area contributed by atoms with Crippen LogP contribution in [-0.2, 0) is 0 Å². The van der Waals surface area contributed by atoms with Gasteiger partial charge >= 0.3 is 0 Å². The van der Waals surface area contributed by atoms with Crippen LogP contribution in [0.2, 0.25) is 0 Å². The largest absolute Gasteiger partial charge is 0.507 e. The summed E-state index contributed by atoms with van der Waals surface area (Å²) < 4.78 is 5.20. The Morgan fingerprint density at radius 1 is 0.885 bits per heavy atom. The summed E-state index contributed by atoms with van der Waals surface area (Å²) in [6.07, 6.45) is 7.61. The molecule has 5 heteroatoms. The van der Waals surface area contributed by atoms with Crippen molar-refractivity contribution < 1.29 is 14.9 Å². The Balaban J connectivity index is 1.76. The summed E-state index contributed by atoms with van der Waals surface area (Å²) in [5.41, 5.74) is 1.35. The van der Waals surface area contributed by atoms with E-state index < -0.39 is 0 Å². The van der Waals surface area contributed by atoms with Gasteiger partial charge in [0.25, 0.3) is 0 Å². The highest BCUT2D eigenvalue weighted by Gasteiger charge is 2.23. The van der Waals surface area contributed by atoms with Gasteiger partial charge in [-0.05, 0) is 43.2 Å². The van der Waals surface area contributed by atoms with Crippen molar-refractivity contribution in [2.75, 3.05) is 7.11 Å². The van der Waals surface area contributed by atoms with Crippen molar-refractivity contribution in [2.45, 2.75) is 37.8 Å². The molecule has 0 aromatic heterocycles. The van der Waals surface area contributed by atoms with Gasteiger partial charge in [-0.25, -0.2) is 0 Å². The third-order valence-electron chi connectivity index (χ3n) is 4.68. The van der Waals surface area contributed by atoms with Crippen LogP contribution in [0.1, 0.15) is 36.8 Å². The summed E-state index contributed by atoms with van der Waals surface area (Å²) in [5, 5.41) is 19.9. The molecule has 0 aliphatic heterocycles. The molecule has 0 radical (unpaired) electrons. The van der Waals surface area contributed by atoms with Gasteiger partial charge in [0.05, 0.1) is 19.2 Å². The Hall–Kier alpha value is -2.82. The zero-order valence-corrected chi connectivity index (χ0v) is 14.9. The standard InChI is InChI=1S/C21H24N2O3/c1-26-17-10-11-21(25)16(12-17)14-23-19-8-4-3-7-18(19)22-13-15-6-2-5-9-20(15)24/h2,5-6,9-14,18-19,24-25H,3-4,7-8H2,1H3/t18-,19-/m1/s1. The Labute approximate surface area is 153 Å². The smallest absolute Gasteiger partial charge is 0.124 e. The first-order valence-corrected chi connectivity index (χ1v) is 8.88. The first-order chi connectivity index (χ1) is 12.7. The SMILES string of the molecule is COc1ccc(O)c(C=N[C@@H]2CCCC[C@H]2N=Cc2ccccc2O)c1. The maximum atomic E-state index is 10.0. The van der Waals surface area contributed by atoms with Crippen LogP contribution in [0.3, 0.4) is 0 Å². The van der Waals surface area contributed by atoms with Gasteiger partial charge in [0.1, 0.15) is 17.2 Å². The van der Waals surface area contributed by atoms with Crippen molar-refractivity contribution in [3.8, 4) is 17.2 Å². The second-order valence-corrected chi connectivity index (χ2v) is 6.46. The van der Waals surface area contributed by atoms with Gasteiger partial charge in [0, 0.05) is 23.6 Å². The monoisotopic (exact) mass is 352 g/mol. The lowest BCUT2D eigenvalue weighted by atomic mass is 9.91. The van der Waals surface area contributed by atoms with E-state index >= 15 is 0 Å². The normalized spacial score (nSPS) is 20.7. The Morgan fingerprint density at radius 3 is 2.15 bits per heavy atom. The average molecular weight is 352 g/mol. The molecule has 1 fully saturated rings. The number of ether oxygens (including phenoxy) is 1. The van der Waals surface area contributed by atoms with E-state index in [0.717, 1.165) is 25.7 Å². The Bertz CT molecular complexity index is 802. The van der Waals surface area contributed by atoms with E-state index in [2.05, 4.69) is 9.98 Å². The van der Waals surface area contributed by atoms with Crippen molar-refractivity contribution >= 4 is 12.4 Å². The molecule has 0 heterocycles. The van der Waals surface area contributed by atoms with Crippen LogP contribution >= 0.6 is 0 Å². The number of methoxy groups -OCH3 is 1. The summed E-state index contributed by atoms with van der Waals surface area (Å²) in [6, 6.07) is 12.4. The van der Waals surface area contributed by atoms with Crippen LogP contribution in [0.4, 0.5) is 0 Å². The highest BCUT2D eigenvalue weighted by Crippen LogP contribution is 2.26.